The molecule has 138 valence electrons. The number of hydrogen-bond acceptors (Lipinski definition) is 4. The Morgan fingerprint density at radius 2 is 2.19 bits per heavy atom. The first-order chi connectivity index (χ1) is 12.3. The lowest BCUT2D eigenvalue weighted by atomic mass is 10.1. The first-order valence-electron chi connectivity index (χ1n) is 8.56. The second-order valence-corrected chi connectivity index (χ2v) is 8.84. The quantitative estimate of drug-likeness (QED) is 0.754. The monoisotopic (exact) mass is 373 g/mol. The molecule has 6 nitrogen and oxygen atoms in total. The zero-order valence-electron chi connectivity index (χ0n) is 15.1. The number of aromatic nitrogens is 2. The molecule has 0 spiro atoms. The lowest BCUT2D eigenvalue weighted by Crippen LogP contribution is -2.41. The van der Waals surface area contributed by atoms with Crippen molar-refractivity contribution in [3.8, 4) is 5.82 Å². The largest absolute Gasteiger partial charge is 0.331 e. The fourth-order valence-corrected chi connectivity index (χ4v) is 5.26. The molecular weight excluding hydrogens is 350 g/mol. The number of nitrogens with zero attached hydrogens (tertiary/aromatic N) is 3. The Morgan fingerprint density at radius 3 is 2.77 bits per heavy atom. The zero-order chi connectivity index (χ0) is 18.9. The molecule has 0 bridgehead atoms. The van der Waals surface area contributed by atoms with Crippen molar-refractivity contribution in [1.29, 1.82) is 0 Å². The highest BCUT2D eigenvalue weighted by Crippen LogP contribution is 2.24. The Balaban J connectivity index is 1.97. The zero-order valence-corrected chi connectivity index (χ0v) is 15.9. The average Bonchev–Trinajstić information content (AvgIpc) is 3.11. The molecule has 3 heterocycles. The third kappa shape index (κ3) is 3.44. The predicted molar refractivity (Wildman–Crippen MR) is 101 cm³/mol. The van der Waals surface area contributed by atoms with Gasteiger partial charge in [0.15, 0.2) is 9.84 Å². The van der Waals surface area contributed by atoms with Crippen molar-refractivity contribution in [1.82, 2.24) is 14.5 Å². The number of amides is 1. The fourth-order valence-electron chi connectivity index (χ4n) is 3.53. The smallest absolute Gasteiger partial charge is 0.256 e. The van der Waals surface area contributed by atoms with E-state index in [0.29, 0.717) is 18.5 Å². The van der Waals surface area contributed by atoms with E-state index in [2.05, 4.69) is 11.6 Å². The van der Waals surface area contributed by atoms with Gasteiger partial charge < -0.3 is 9.47 Å². The summed E-state index contributed by atoms with van der Waals surface area (Å²) in [5.74, 6) is 0.736. The minimum atomic E-state index is -3.07. The first-order valence-corrected chi connectivity index (χ1v) is 10.4. The van der Waals surface area contributed by atoms with Gasteiger partial charge in [0, 0.05) is 30.2 Å². The summed E-state index contributed by atoms with van der Waals surface area (Å²) in [5.41, 5.74) is 2.27. The van der Waals surface area contributed by atoms with Crippen LogP contribution in [-0.2, 0) is 9.84 Å². The average molecular weight is 373 g/mol. The van der Waals surface area contributed by atoms with Gasteiger partial charge in [-0.2, -0.15) is 0 Å². The molecule has 1 amide bonds. The molecule has 0 N–H and O–H groups in total. The third-order valence-electron chi connectivity index (χ3n) is 4.78. The van der Waals surface area contributed by atoms with Crippen LogP contribution >= 0.6 is 0 Å². The van der Waals surface area contributed by atoms with E-state index in [4.69, 9.17) is 0 Å². The summed E-state index contributed by atoms with van der Waals surface area (Å²) in [5, 5.41) is 0. The molecule has 0 radical (unpaired) electrons. The second-order valence-electron chi connectivity index (χ2n) is 6.61. The molecule has 1 aliphatic rings. The van der Waals surface area contributed by atoms with Crippen molar-refractivity contribution in [2.45, 2.75) is 26.3 Å². The Morgan fingerprint density at radius 1 is 1.42 bits per heavy atom. The van der Waals surface area contributed by atoms with E-state index in [0.717, 1.165) is 17.2 Å². The predicted octanol–water partition coefficient (Wildman–Crippen LogP) is 2.30. The van der Waals surface area contributed by atoms with Crippen LogP contribution in [0.4, 0.5) is 0 Å². The minimum Gasteiger partial charge on any atom is -0.331 e. The number of sulfone groups is 1. The lowest BCUT2D eigenvalue weighted by Gasteiger charge is -2.27. The van der Waals surface area contributed by atoms with Gasteiger partial charge in [-0.25, -0.2) is 13.4 Å². The van der Waals surface area contributed by atoms with Gasteiger partial charge in [-0.3, -0.25) is 4.79 Å². The van der Waals surface area contributed by atoms with Crippen molar-refractivity contribution < 1.29 is 13.2 Å². The molecular formula is C19H23N3O3S. The molecule has 1 saturated heterocycles. The third-order valence-corrected chi connectivity index (χ3v) is 6.53. The summed E-state index contributed by atoms with van der Waals surface area (Å²) in [7, 11) is -3.07. The van der Waals surface area contributed by atoms with Gasteiger partial charge >= 0.3 is 0 Å². The maximum absolute atomic E-state index is 13.2. The summed E-state index contributed by atoms with van der Waals surface area (Å²) in [4.78, 5) is 19.2. The normalized spacial score (nSPS) is 18.6. The van der Waals surface area contributed by atoms with Crippen molar-refractivity contribution >= 4 is 15.7 Å². The lowest BCUT2D eigenvalue weighted by molar-refractivity contribution is 0.0720. The molecule has 0 aromatic carbocycles. The second kappa shape index (κ2) is 7.07. The van der Waals surface area contributed by atoms with Crippen LogP contribution in [0.5, 0.6) is 0 Å². The van der Waals surface area contributed by atoms with Gasteiger partial charge in [0.05, 0.1) is 17.1 Å². The van der Waals surface area contributed by atoms with Crippen molar-refractivity contribution in [2.75, 3.05) is 18.1 Å². The van der Waals surface area contributed by atoms with Crippen LogP contribution in [0.1, 0.15) is 28.2 Å². The van der Waals surface area contributed by atoms with Gasteiger partial charge in [-0.15, -0.1) is 6.58 Å². The van der Waals surface area contributed by atoms with E-state index in [1.165, 1.54) is 0 Å². The van der Waals surface area contributed by atoms with Crippen LogP contribution in [0.2, 0.25) is 0 Å². The number of pyridine rings is 1. The summed E-state index contributed by atoms with van der Waals surface area (Å²) in [6.07, 6.45) is 3.82. The highest BCUT2D eigenvalue weighted by atomic mass is 32.2. The van der Waals surface area contributed by atoms with Crippen LogP contribution in [-0.4, -0.2) is 52.9 Å². The molecule has 3 rings (SSSR count). The molecule has 26 heavy (non-hydrogen) atoms. The van der Waals surface area contributed by atoms with Gasteiger partial charge in [0.1, 0.15) is 5.82 Å². The Labute approximate surface area is 154 Å². The molecule has 1 atom stereocenters. The van der Waals surface area contributed by atoms with Gasteiger partial charge in [0.2, 0.25) is 0 Å². The van der Waals surface area contributed by atoms with Crippen molar-refractivity contribution in [2.24, 2.45) is 0 Å². The highest BCUT2D eigenvalue weighted by Gasteiger charge is 2.35. The van der Waals surface area contributed by atoms with Gasteiger partial charge in [0.25, 0.3) is 5.91 Å². The molecule has 0 unspecified atom stereocenters. The van der Waals surface area contributed by atoms with E-state index < -0.39 is 9.84 Å². The molecule has 0 aliphatic carbocycles. The van der Waals surface area contributed by atoms with E-state index >= 15 is 0 Å². The molecule has 2 aromatic rings. The van der Waals surface area contributed by atoms with Crippen LogP contribution in [0, 0.1) is 13.8 Å². The maximum atomic E-state index is 13.2. The van der Waals surface area contributed by atoms with Crippen molar-refractivity contribution in [3.63, 3.8) is 0 Å². The fraction of sp³-hybridized carbons (Fsp3) is 0.368. The summed E-state index contributed by atoms with van der Waals surface area (Å²) < 4.78 is 25.6. The van der Waals surface area contributed by atoms with E-state index in [1.807, 2.05) is 42.7 Å². The van der Waals surface area contributed by atoms with E-state index in [9.17, 15) is 13.2 Å². The first kappa shape index (κ1) is 18.4. The number of carbonyl (C=O) groups excluding carboxylic acids is 1. The molecule has 1 fully saturated rings. The summed E-state index contributed by atoms with van der Waals surface area (Å²) >= 11 is 0. The minimum absolute atomic E-state index is 0.0194. The molecule has 7 heteroatoms. The number of carbonyl (C=O) groups is 1. The number of aryl methyl sites for hydroxylation is 1. The summed E-state index contributed by atoms with van der Waals surface area (Å²) in [6.45, 7) is 7.85. The topological polar surface area (TPSA) is 72.3 Å². The SMILES string of the molecule is C=CCN(C(=O)c1cc(C)n(-c2ccccn2)c1C)[C@@H]1CCS(=O)(=O)C1. The molecule has 0 saturated carbocycles. The van der Waals surface area contributed by atoms with Crippen LogP contribution in [0.15, 0.2) is 43.1 Å². The molecule has 2 aromatic heterocycles. The Kier molecular flexibility index (Phi) is 5.00. The van der Waals surface area contributed by atoms with Crippen LogP contribution < -0.4 is 0 Å². The van der Waals surface area contributed by atoms with Crippen LogP contribution in [0.25, 0.3) is 5.82 Å². The van der Waals surface area contributed by atoms with E-state index in [-0.39, 0.29) is 23.5 Å². The molecule has 1 aliphatic heterocycles. The standard InChI is InChI=1S/C19H23N3O3S/c1-4-10-21(16-8-11-26(24,25)13-16)19(23)17-12-14(2)22(15(17)3)18-7-5-6-9-20-18/h4-7,9,12,16H,1,8,10-11,13H2,2-3H3/t16-/m1/s1. The van der Waals surface area contributed by atoms with Crippen molar-refractivity contribution in [3.05, 3.63) is 60.1 Å². The number of hydrogen-bond donors (Lipinski definition) is 0. The number of rotatable bonds is 5. The van der Waals surface area contributed by atoms with Gasteiger partial charge in [-0.1, -0.05) is 12.1 Å². The maximum Gasteiger partial charge on any atom is 0.256 e. The summed E-state index contributed by atoms with van der Waals surface area (Å²) in [6, 6.07) is 7.17. The van der Waals surface area contributed by atoms with E-state index in [1.54, 1.807) is 17.2 Å². The van der Waals surface area contributed by atoms with Crippen LogP contribution in [0.3, 0.4) is 0 Å². The van der Waals surface area contributed by atoms with Gasteiger partial charge in [-0.05, 0) is 38.5 Å². The Bertz CT molecular complexity index is 932. The Hall–Kier alpha value is -2.41. The highest BCUT2D eigenvalue weighted by molar-refractivity contribution is 7.91.